The van der Waals surface area contributed by atoms with E-state index in [2.05, 4.69) is 10.3 Å². The van der Waals surface area contributed by atoms with E-state index >= 15 is 0 Å². The van der Waals surface area contributed by atoms with Gasteiger partial charge in [0.05, 0.1) is 13.7 Å². The van der Waals surface area contributed by atoms with Crippen LogP contribution in [0.4, 0.5) is 4.39 Å². The highest BCUT2D eigenvalue weighted by molar-refractivity contribution is 7.80. The Morgan fingerprint density at radius 2 is 1.90 bits per heavy atom. The molecule has 1 heterocycles. The summed E-state index contributed by atoms with van der Waals surface area (Å²) < 4.78 is 23.7. The number of ether oxygens (including phenoxy) is 2. The Morgan fingerprint density at radius 1 is 1.13 bits per heavy atom. The van der Waals surface area contributed by atoms with Crippen molar-refractivity contribution in [1.82, 2.24) is 15.2 Å². The van der Waals surface area contributed by atoms with Crippen LogP contribution in [0.2, 0.25) is 0 Å². The summed E-state index contributed by atoms with van der Waals surface area (Å²) in [5.41, 5.74) is 2.02. The zero-order chi connectivity index (χ0) is 22.2. The molecular weight excluding hydrogens is 417 g/mol. The number of nitrogens with zero attached hydrogens (tertiary/aromatic N) is 1. The largest absolute Gasteiger partial charge is 0.497 e. The number of hydrogen-bond donors (Lipinski definition) is 2. The van der Waals surface area contributed by atoms with Crippen LogP contribution in [-0.4, -0.2) is 42.4 Å². The van der Waals surface area contributed by atoms with Crippen LogP contribution in [0.25, 0.3) is 10.9 Å². The van der Waals surface area contributed by atoms with Crippen LogP contribution in [0.15, 0.2) is 53.3 Å². The zero-order valence-electron chi connectivity index (χ0n) is 17.6. The highest BCUT2D eigenvalue weighted by Gasteiger charge is 2.14. The third-order valence-electron chi connectivity index (χ3n) is 4.86. The van der Waals surface area contributed by atoms with Crippen LogP contribution in [0.1, 0.15) is 17.5 Å². The Morgan fingerprint density at radius 3 is 2.61 bits per heavy atom. The lowest BCUT2D eigenvalue weighted by molar-refractivity contribution is 0.195. The number of rotatable bonds is 9. The molecule has 0 fully saturated rings. The first-order chi connectivity index (χ1) is 15.0. The van der Waals surface area contributed by atoms with Gasteiger partial charge >= 0.3 is 0 Å². The van der Waals surface area contributed by atoms with E-state index in [0.29, 0.717) is 42.7 Å². The quantitative estimate of drug-likeness (QED) is 0.389. The van der Waals surface area contributed by atoms with Crippen LogP contribution in [-0.2, 0) is 17.8 Å². The third-order valence-corrected chi connectivity index (χ3v) is 5.27. The number of benzene rings is 2. The van der Waals surface area contributed by atoms with Gasteiger partial charge in [-0.2, -0.15) is 0 Å². The maximum Gasteiger partial charge on any atom is 0.253 e. The molecule has 6 nitrogen and oxygen atoms in total. The summed E-state index contributed by atoms with van der Waals surface area (Å²) in [5, 5.41) is 4.60. The minimum Gasteiger partial charge on any atom is -0.497 e. The fourth-order valence-electron chi connectivity index (χ4n) is 3.21. The predicted molar refractivity (Wildman–Crippen MR) is 124 cm³/mol. The molecule has 0 saturated carbocycles. The summed E-state index contributed by atoms with van der Waals surface area (Å²) in [6.45, 7) is 2.01. The molecule has 0 aliphatic heterocycles. The molecule has 3 rings (SSSR count). The van der Waals surface area contributed by atoms with Gasteiger partial charge in [0.25, 0.3) is 5.56 Å². The van der Waals surface area contributed by atoms with Crippen LogP contribution in [0, 0.1) is 5.82 Å². The number of fused-ring (bicyclic) bond motifs is 1. The van der Waals surface area contributed by atoms with Crippen molar-refractivity contribution in [1.29, 1.82) is 0 Å². The maximum absolute atomic E-state index is 13.3. The molecule has 2 aromatic carbocycles. The molecule has 0 aliphatic carbocycles. The molecule has 0 atom stereocenters. The van der Waals surface area contributed by atoms with Crippen LogP contribution in [0.3, 0.4) is 0 Å². The van der Waals surface area contributed by atoms with Gasteiger partial charge in [0.2, 0.25) is 0 Å². The second-order valence-electron chi connectivity index (χ2n) is 7.14. The number of halogens is 1. The van der Waals surface area contributed by atoms with Crippen molar-refractivity contribution in [3.8, 4) is 5.75 Å². The van der Waals surface area contributed by atoms with Crippen LogP contribution < -0.4 is 15.6 Å². The minimum atomic E-state index is -0.296. The van der Waals surface area contributed by atoms with E-state index in [1.165, 1.54) is 12.1 Å². The van der Waals surface area contributed by atoms with Gasteiger partial charge in [0, 0.05) is 43.3 Å². The van der Waals surface area contributed by atoms with E-state index in [4.69, 9.17) is 21.7 Å². The number of aromatic amines is 1. The Bertz CT molecular complexity index is 1090. The van der Waals surface area contributed by atoms with E-state index in [-0.39, 0.29) is 11.4 Å². The molecule has 0 unspecified atom stereocenters. The fourth-order valence-corrected chi connectivity index (χ4v) is 3.44. The molecule has 1 aromatic heterocycles. The van der Waals surface area contributed by atoms with Gasteiger partial charge in [-0.15, -0.1) is 0 Å². The van der Waals surface area contributed by atoms with Gasteiger partial charge in [-0.25, -0.2) is 4.39 Å². The summed E-state index contributed by atoms with van der Waals surface area (Å²) in [4.78, 5) is 17.5. The van der Waals surface area contributed by atoms with Crippen molar-refractivity contribution >= 4 is 28.2 Å². The number of thiocarbonyl (C=S) groups is 1. The van der Waals surface area contributed by atoms with Crippen LogP contribution >= 0.6 is 12.2 Å². The van der Waals surface area contributed by atoms with Gasteiger partial charge < -0.3 is 24.7 Å². The number of methoxy groups -OCH3 is 2. The summed E-state index contributed by atoms with van der Waals surface area (Å²) in [5.74, 6) is 0.416. The smallest absolute Gasteiger partial charge is 0.253 e. The van der Waals surface area contributed by atoms with Crippen molar-refractivity contribution in [2.45, 2.75) is 19.5 Å². The standard InChI is InChI=1S/C23H26FN3O3S/c1-29-11-3-10-25-23(31)27(14-16-4-6-19(24)7-5-16)15-18-12-17-13-20(30-2)8-9-21(17)26-22(18)28/h4-9,12-13H,3,10-11,14-15H2,1-2H3,(H,25,31)(H,26,28). The van der Waals surface area contributed by atoms with E-state index in [1.54, 1.807) is 32.4 Å². The number of hydrogen-bond acceptors (Lipinski definition) is 4. The minimum absolute atomic E-state index is 0.177. The average molecular weight is 444 g/mol. The fraction of sp³-hybridized carbons (Fsp3) is 0.304. The van der Waals surface area contributed by atoms with Gasteiger partial charge in [-0.1, -0.05) is 12.1 Å². The summed E-state index contributed by atoms with van der Waals surface area (Å²) in [6, 6.07) is 13.6. The average Bonchev–Trinajstić information content (AvgIpc) is 2.77. The first kappa shape index (κ1) is 22.7. The van der Waals surface area contributed by atoms with Crippen molar-refractivity contribution in [2.24, 2.45) is 0 Å². The molecule has 164 valence electrons. The predicted octanol–water partition coefficient (Wildman–Crippen LogP) is 3.59. The highest BCUT2D eigenvalue weighted by Crippen LogP contribution is 2.19. The number of H-pyrrole nitrogens is 1. The number of aromatic nitrogens is 1. The molecule has 0 bridgehead atoms. The Balaban J connectivity index is 1.85. The van der Waals surface area contributed by atoms with Gasteiger partial charge in [0.1, 0.15) is 11.6 Å². The zero-order valence-corrected chi connectivity index (χ0v) is 18.4. The second kappa shape index (κ2) is 10.9. The molecule has 0 amide bonds. The molecule has 0 radical (unpaired) electrons. The van der Waals surface area contributed by atoms with Crippen molar-refractivity contribution in [3.05, 3.63) is 75.8 Å². The van der Waals surface area contributed by atoms with Crippen molar-refractivity contribution in [2.75, 3.05) is 27.4 Å². The Kier molecular flexibility index (Phi) is 7.97. The normalized spacial score (nSPS) is 10.8. The van der Waals surface area contributed by atoms with Crippen LogP contribution in [0.5, 0.6) is 5.75 Å². The van der Waals surface area contributed by atoms with Gasteiger partial charge in [0.15, 0.2) is 5.11 Å². The summed E-state index contributed by atoms with van der Waals surface area (Å²) in [6.07, 6.45) is 0.803. The second-order valence-corrected chi connectivity index (χ2v) is 7.52. The van der Waals surface area contributed by atoms with Gasteiger partial charge in [-0.3, -0.25) is 4.79 Å². The maximum atomic E-state index is 13.3. The molecule has 31 heavy (non-hydrogen) atoms. The van der Waals surface area contributed by atoms with E-state index < -0.39 is 0 Å². The Labute approximate surface area is 186 Å². The monoisotopic (exact) mass is 443 g/mol. The summed E-state index contributed by atoms with van der Waals surface area (Å²) >= 11 is 5.60. The topological polar surface area (TPSA) is 66.6 Å². The van der Waals surface area contributed by atoms with Crippen molar-refractivity contribution in [3.63, 3.8) is 0 Å². The number of pyridine rings is 1. The third kappa shape index (κ3) is 6.26. The highest BCUT2D eigenvalue weighted by atomic mass is 32.1. The van der Waals surface area contributed by atoms with Crippen molar-refractivity contribution < 1.29 is 13.9 Å². The lowest BCUT2D eigenvalue weighted by Gasteiger charge is -2.26. The SMILES string of the molecule is COCCCNC(=S)N(Cc1ccc(F)cc1)Cc1cc2cc(OC)ccc2[nH]c1=O. The molecule has 0 saturated heterocycles. The summed E-state index contributed by atoms with van der Waals surface area (Å²) in [7, 11) is 3.26. The van der Waals surface area contributed by atoms with Gasteiger partial charge in [-0.05, 0) is 60.6 Å². The molecule has 3 aromatic rings. The molecule has 0 spiro atoms. The lowest BCUT2D eigenvalue weighted by atomic mass is 10.1. The first-order valence-corrected chi connectivity index (χ1v) is 10.4. The van der Waals surface area contributed by atoms with E-state index in [1.807, 2.05) is 23.1 Å². The Hall–Kier alpha value is -2.97. The molecular formula is C23H26FN3O3S. The molecule has 8 heteroatoms. The van der Waals surface area contributed by atoms with E-state index in [9.17, 15) is 9.18 Å². The van der Waals surface area contributed by atoms with E-state index in [0.717, 1.165) is 22.9 Å². The molecule has 2 N–H and O–H groups in total. The lowest BCUT2D eigenvalue weighted by Crippen LogP contribution is -2.40. The molecule has 0 aliphatic rings. The first-order valence-electron chi connectivity index (χ1n) is 9.96. The number of nitrogens with one attached hydrogen (secondary N) is 2.